The summed E-state index contributed by atoms with van der Waals surface area (Å²) in [6.07, 6.45) is 2.63. The molecule has 0 aliphatic carbocycles. The molecular formula is C9H15NO3. The Morgan fingerprint density at radius 1 is 1.38 bits per heavy atom. The highest BCUT2D eigenvalue weighted by Crippen LogP contribution is 2.06. The van der Waals surface area contributed by atoms with E-state index in [0.717, 1.165) is 18.6 Å². The number of carbonyl (C=O) groups excluding carboxylic acids is 1. The summed E-state index contributed by atoms with van der Waals surface area (Å²) in [4.78, 5) is 21.1. The molecule has 0 heterocycles. The van der Waals surface area contributed by atoms with Gasteiger partial charge in [-0.3, -0.25) is 4.79 Å². The molecule has 0 spiro atoms. The van der Waals surface area contributed by atoms with Crippen molar-refractivity contribution in [2.24, 2.45) is 0 Å². The van der Waals surface area contributed by atoms with Crippen molar-refractivity contribution in [3.8, 4) is 0 Å². The maximum absolute atomic E-state index is 11.1. The van der Waals surface area contributed by atoms with Gasteiger partial charge in [0.1, 0.15) is 0 Å². The standard InChI is InChI=1S/C9H15NO3/c1-4-9(2,3)10-7(11)5-6-8(12)13/h5-6H,4H2,1-3H3,(H,10,11)(H,12,13). The Kier molecular flexibility index (Phi) is 4.17. The van der Waals surface area contributed by atoms with E-state index >= 15 is 0 Å². The summed E-state index contributed by atoms with van der Waals surface area (Å²) in [5, 5.41) is 10.9. The van der Waals surface area contributed by atoms with Gasteiger partial charge < -0.3 is 10.4 Å². The maximum atomic E-state index is 11.1. The Balaban J connectivity index is 4.09. The van der Waals surface area contributed by atoms with E-state index in [0.29, 0.717) is 0 Å². The van der Waals surface area contributed by atoms with Gasteiger partial charge in [-0.15, -0.1) is 0 Å². The van der Waals surface area contributed by atoms with Gasteiger partial charge in [0.2, 0.25) is 5.91 Å². The average molecular weight is 185 g/mol. The van der Waals surface area contributed by atoms with Gasteiger partial charge in [-0.25, -0.2) is 4.79 Å². The monoisotopic (exact) mass is 185 g/mol. The van der Waals surface area contributed by atoms with Gasteiger partial charge in [-0.05, 0) is 20.3 Å². The second-order valence-electron chi connectivity index (χ2n) is 3.40. The lowest BCUT2D eigenvalue weighted by molar-refractivity contribution is -0.131. The van der Waals surface area contributed by atoms with Gasteiger partial charge in [0.05, 0.1) is 0 Å². The van der Waals surface area contributed by atoms with Gasteiger partial charge in [0, 0.05) is 17.7 Å². The highest BCUT2D eigenvalue weighted by molar-refractivity contribution is 5.94. The molecule has 0 atom stereocenters. The zero-order chi connectivity index (χ0) is 10.5. The molecule has 13 heavy (non-hydrogen) atoms. The van der Waals surface area contributed by atoms with Crippen LogP contribution < -0.4 is 5.32 Å². The summed E-state index contributed by atoms with van der Waals surface area (Å²) in [6, 6.07) is 0. The first-order chi connectivity index (χ1) is 5.87. The van der Waals surface area contributed by atoms with Crippen LogP contribution in [0.15, 0.2) is 12.2 Å². The van der Waals surface area contributed by atoms with Crippen LogP contribution in [0.3, 0.4) is 0 Å². The Morgan fingerprint density at radius 2 is 1.92 bits per heavy atom. The fourth-order valence-corrected chi connectivity index (χ4v) is 0.611. The molecule has 0 bridgehead atoms. The molecule has 2 N–H and O–H groups in total. The van der Waals surface area contributed by atoms with Gasteiger partial charge in [0.25, 0.3) is 0 Å². The molecule has 0 saturated carbocycles. The molecule has 0 aromatic rings. The minimum Gasteiger partial charge on any atom is -0.478 e. The number of carboxylic acid groups (broad SMARTS) is 1. The number of carboxylic acids is 1. The van der Waals surface area contributed by atoms with Crippen LogP contribution >= 0.6 is 0 Å². The van der Waals surface area contributed by atoms with Crippen LogP contribution in [0.25, 0.3) is 0 Å². The Bertz CT molecular complexity index is 231. The molecule has 4 heteroatoms. The van der Waals surface area contributed by atoms with E-state index in [-0.39, 0.29) is 11.4 Å². The third-order valence-electron chi connectivity index (χ3n) is 1.72. The lowest BCUT2D eigenvalue weighted by atomic mass is 10.0. The normalized spacial score (nSPS) is 11.6. The molecule has 0 saturated heterocycles. The smallest absolute Gasteiger partial charge is 0.328 e. The molecule has 0 unspecified atom stereocenters. The summed E-state index contributed by atoms with van der Waals surface area (Å²) in [5.74, 6) is -1.50. The third-order valence-corrected chi connectivity index (χ3v) is 1.72. The topological polar surface area (TPSA) is 66.4 Å². The van der Waals surface area contributed by atoms with Crippen molar-refractivity contribution in [2.75, 3.05) is 0 Å². The van der Waals surface area contributed by atoms with Crippen molar-refractivity contribution < 1.29 is 14.7 Å². The Morgan fingerprint density at radius 3 is 2.31 bits per heavy atom. The molecule has 0 aliphatic rings. The molecule has 0 fully saturated rings. The van der Waals surface area contributed by atoms with E-state index in [1.807, 2.05) is 20.8 Å². The van der Waals surface area contributed by atoms with Crippen LogP contribution in [0, 0.1) is 0 Å². The number of rotatable bonds is 4. The molecule has 0 aliphatic heterocycles. The van der Waals surface area contributed by atoms with Crippen LogP contribution in [0.5, 0.6) is 0 Å². The zero-order valence-electron chi connectivity index (χ0n) is 8.13. The van der Waals surface area contributed by atoms with Crippen molar-refractivity contribution in [1.29, 1.82) is 0 Å². The summed E-state index contributed by atoms with van der Waals surface area (Å²) >= 11 is 0. The van der Waals surface area contributed by atoms with Crippen molar-refractivity contribution in [1.82, 2.24) is 5.32 Å². The highest BCUT2D eigenvalue weighted by Gasteiger charge is 2.15. The minimum absolute atomic E-state index is 0.292. The third kappa shape index (κ3) is 5.90. The first-order valence-electron chi connectivity index (χ1n) is 4.10. The van der Waals surface area contributed by atoms with Gasteiger partial charge in [-0.2, -0.15) is 0 Å². The van der Waals surface area contributed by atoms with Crippen LogP contribution in [0.1, 0.15) is 27.2 Å². The van der Waals surface area contributed by atoms with Gasteiger partial charge in [0.15, 0.2) is 0 Å². The summed E-state index contributed by atoms with van der Waals surface area (Å²) < 4.78 is 0. The van der Waals surface area contributed by atoms with E-state index in [1.165, 1.54) is 0 Å². The van der Waals surface area contributed by atoms with Gasteiger partial charge in [-0.1, -0.05) is 6.92 Å². The van der Waals surface area contributed by atoms with E-state index in [4.69, 9.17) is 5.11 Å². The summed E-state index contributed by atoms with van der Waals surface area (Å²) in [7, 11) is 0. The fourth-order valence-electron chi connectivity index (χ4n) is 0.611. The first-order valence-corrected chi connectivity index (χ1v) is 4.10. The summed E-state index contributed by atoms with van der Waals surface area (Å²) in [6.45, 7) is 5.69. The molecule has 0 aromatic heterocycles. The van der Waals surface area contributed by atoms with Crippen molar-refractivity contribution in [3.05, 3.63) is 12.2 Å². The molecule has 0 aromatic carbocycles. The predicted molar refractivity (Wildman–Crippen MR) is 49.3 cm³/mol. The lowest BCUT2D eigenvalue weighted by Gasteiger charge is -2.23. The van der Waals surface area contributed by atoms with E-state index in [9.17, 15) is 9.59 Å². The van der Waals surface area contributed by atoms with Crippen LogP contribution in [0.4, 0.5) is 0 Å². The number of hydrogen-bond acceptors (Lipinski definition) is 2. The number of aliphatic carboxylic acids is 1. The van der Waals surface area contributed by atoms with Crippen molar-refractivity contribution >= 4 is 11.9 Å². The minimum atomic E-state index is -1.12. The predicted octanol–water partition coefficient (Wildman–Crippen LogP) is 0.932. The maximum Gasteiger partial charge on any atom is 0.328 e. The first kappa shape index (κ1) is 11.7. The highest BCUT2D eigenvalue weighted by atomic mass is 16.4. The SMILES string of the molecule is CCC(C)(C)NC(=O)C=CC(=O)O. The van der Waals surface area contributed by atoms with Crippen molar-refractivity contribution in [2.45, 2.75) is 32.7 Å². The van der Waals surface area contributed by atoms with E-state index in [1.54, 1.807) is 0 Å². The number of carbonyl (C=O) groups is 2. The Hall–Kier alpha value is -1.32. The van der Waals surface area contributed by atoms with Crippen molar-refractivity contribution in [3.63, 3.8) is 0 Å². The van der Waals surface area contributed by atoms with Crippen LogP contribution in [-0.2, 0) is 9.59 Å². The van der Waals surface area contributed by atoms with E-state index in [2.05, 4.69) is 5.32 Å². The molecule has 0 rings (SSSR count). The largest absolute Gasteiger partial charge is 0.478 e. The number of amides is 1. The summed E-state index contributed by atoms with van der Waals surface area (Å²) in [5.41, 5.74) is -0.292. The lowest BCUT2D eigenvalue weighted by Crippen LogP contribution is -2.41. The fraction of sp³-hybridized carbons (Fsp3) is 0.556. The molecule has 4 nitrogen and oxygen atoms in total. The molecule has 1 amide bonds. The second-order valence-corrected chi connectivity index (χ2v) is 3.40. The van der Waals surface area contributed by atoms with Crippen LogP contribution in [0.2, 0.25) is 0 Å². The molecule has 74 valence electrons. The molecular weight excluding hydrogens is 170 g/mol. The zero-order valence-corrected chi connectivity index (χ0v) is 8.13. The van der Waals surface area contributed by atoms with Gasteiger partial charge >= 0.3 is 5.97 Å². The average Bonchev–Trinajstić information content (AvgIpc) is 2.00. The van der Waals surface area contributed by atoms with E-state index < -0.39 is 5.97 Å². The molecule has 0 radical (unpaired) electrons. The second kappa shape index (κ2) is 4.64. The van der Waals surface area contributed by atoms with Crippen LogP contribution in [-0.4, -0.2) is 22.5 Å². The number of nitrogens with one attached hydrogen (secondary N) is 1. The number of hydrogen-bond donors (Lipinski definition) is 2. The Labute approximate surface area is 77.6 Å². The quantitative estimate of drug-likeness (QED) is 0.640.